The van der Waals surface area contributed by atoms with Gasteiger partial charge in [-0.2, -0.15) is 0 Å². The fourth-order valence-electron chi connectivity index (χ4n) is 2.77. The second-order valence-corrected chi connectivity index (χ2v) is 5.50. The van der Waals surface area contributed by atoms with E-state index in [1.807, 2.05) is 24.3 Å². The highest BCUT2D eigenvalue weighted by molar-refractivity contribution is 6.09. The third-order valence-corrected chi connectivity index (χ3v) is 3.92. The second-order valence-electron chi connectivity index (χ2n) is 5.50. The molecule has 2 N–H and O–H groups in total. The predicted molar refractivity (Wildman–Crippen MR) is 91.0 cm³/mol. The quantitative estimate of drug-likeness (QED) is 0.757. The van der Waals surface area contributed by atoms with E-state index in [-0.39, 0.29) is 11.3 Å². The van der Waals surface area contributed by atoms with Gasteiger partial charge in [0.2, 0.25) is 0 Å². The zero-order valence-electron chi connectivity index (χ0n) is 12.8. The highest BCUT2D eigenvalue weighted by atomic mass is 16.6. The van der Waals surface area contributed by atoms with Crippen molar-refractivity contribution < 1.29 is 19.4 Å². The normalized spacial score (nSPS) is 12.8. The monoisotopic (exact) mass is 321 g/mol. The van der Waals surface area contributed by atoms with Gasteiger partial charge >= 0.3 is 0 Å². The number of hydrogen-bond donors (Lipinski definition) is 2. The molecular formula is C19H15NO4. The summed E-state index contributed by atoms with van der Waals surface area (Å²) >= 11 is 0. The standard InChI is InChI=1S/C19H15NO4/c21-16-11-13-5-2-1-4-12(13)10-14(16)19(22)20-15-6-3-7-17-18(15)24-9-8-23-17/h1-7,10-11,21H,8-9H2,(H,20,22). The molecule has 0 radical (unpaired) electrons. The van der Waals surface area contributed by atoms with Crippen LogP contribution < -0.4 is 14.8 Å². The number of phenolic OH excluding ortho intramolecular Hbond substituents is 1. The summed E-state index contributed by atoms with van der Waals surface area (Å²) in [7, 11) is 0. The van der Waals surface area contributed by atoms with Crippen molar-refractivity contribution in [2.45, 2.75) is 0 Å². The number of hydrogen-bond acceptors (Lipinski definition) is 4. The number of anilines is 1. The molecule has 0 saturated carbocycles. The minimum Gasteiger partial charge on any atom is -0.507 e. The van der Waals surface area contributed by atoms with Gasteiger partial charge in [-0.25, -0.2) is 0 Å². The van der Waals surface area contributed by atoms with E-state index in [1.54, 1.807) is 30.3 Å². The molecule has 24 heavy (non-hydrogen) atoms. The van der Waals surface area contributed by atoms with Gasteiger partial charge in [-0.3, -0.25) is 4.79 Å². The molecule has 0 saturated heterocycles. The molecule has 1 aliphatic rings. The van der Waals surface area contributed by atoms with Gasteiger partial charge in [0.15, 0.2) is 11.5 Å². The lowest BCUT2D eigenvalue weighted by Crippen LogP contribution is -2.18. The predicted octanol–water partition coefficient (Wildman–Crippen LogP) is 3.57. The molecule has 0 spiro atoms. The summed E-state index contributed by atoms with van der Waals surface area (Å²) in [5.41, 5.74) is 0.729. The van der Waals surface area contributed by atoms with Crippen molar-refractivity contribution in [2.75, 3.05) is 18.5 Å². The lowest BCUT2D eigenvalue weighted by atomic mass is 10.1. The summed E-state index contributed by atoms with van der Waals surface area (Å²) in [6.07, 6.45) is 0. The Morgan fingerprint density at radius 3 is 2.54 bits per heavy atom. The van der Waals surface area contributed by atoms with Crippen LogP contribution in [0, 0.1) is 0 Å². The van der Waals surface area contributed by atoms with Crippen LogP contribution in [-0.4, -0.2) is 24.2 Å². The zero-order valence-corrected chi connectivity index (χ0v) is 12.8. The number of nitrogens with one attached hydrogen (secondary N) is 1. The van der Waals surface area contributed by atoms with Crippen molar-refractivity contribution in [3.63, 3.8) is 0 Å². The first-order valence-corrected chi connectivity index (χ1v) is 7.64. The highest BCUT2D eigenvalue weighted by Crippen LogP contribution is 2.37. The van der Waals surface area contributed by atoms with Crippen molar-refractivity contribution in [3.05, 3.63) is 60.2 Å². The van der Waals surface area contributed by atoms with Crippen LogP contribution in [0.25, 0.3) is 10.8 Å². The number of para-hydroxylation sites is 1. The molecule has 0 unspecified atom stereocenters. The summed E-state index contributed by atoms with van der Waals surface area (Å²) in [6.45, 7) is 0.914. The molecule has 4 rings (SSSR count). The minimum atomic E-state index is -0.402. The maximum Gasteiger partial charge on any atom is 0.259 e. The molecule has 1 amide bonds. The van der Waals surface area contributed by atoms with Crippen LogP contribution >= 0.6 is 0 Å². The van der Waals surface area contributed by atoms with Gasteiger partial charge < -0.3 is 19.9 Å². The number of phenols is 1. The lowest BCUT2D eigenvalue weighted by molar-refractivity contribution is 0.102. The zero-order chi connectivity index (χ0) is 16.5. The van der Waals surface area contributed by atoms with Crippen LogP contribution in [0.5, 0.6) is 17.2 Å². The van der Waals surface area contributed by atoms with Crippen LogP contribution in [0.1, 0.15) is 10.4 Å². The topological polar surface area (TPSA) is 67.8 Å². The van der Waals surface area contributed by atoms with E-state index in [1.165, 1.54) is 0 Å². The molecule has 3 aromatic rings. The number of rotatable bonds is 2. The molecule has 0 aliphatic carbocycles. The van der Waals surface area contributed by atoms with Gasteiger partial charge in [-0.15, -0.1) is 0 Å². The lowest BCUT2D eigenvalue weighted by Gasteiger charge is -2.21. The number of ether oxygens (including phenoxy) is 2. The first kappa shape index (κ1) is 14.4. The van der Waals surface area contributed by atoms with Crippen molar-refractivity contribution in [1.82, 2.24) is 0 Å². The third-order valence-electron chi connectivity index (χ3n) is 3.92. The molecule has 0 aromatic heterocycles. The average Bonchev–Trinajstić information content (AvgIpc) is 2.61. The largest absolute Gasteiger partial charge is 0.507 e. The molecule has 1 aliphatic heterocycles. The minimum absolute atomic E-state index is 0.0619. The van der Waals surface area contributed by atoms with E-state index in [0.29, 0.717) is 30.4 Å². The first-order chi connectivity index (χ1) is 11.7. The summed E-state index contributed by atoms with van der Waals surface area (Å²) in [5.74, 6) is 0.646. The first-order valence-electron chi connectivity index (χ1n) is 7.64. The fraction of sp³-hybridized carbons (Fsp3) is 0.105. The van der Waals surface area contributed by atoms with E-state index >= 15 is 0 Å². The van der Waals surface area contributed by atoms with Crippen molar-refractivity contribution >= 4 is 22.4 Å². The Bertz CT molecular complexity index is 936. The summed E-state index contributed by atoms with van der Waals surface area (Å²) in [4.78, 5) is 12.6. The Kier molecular flexibility index (Phi) is 3.46. The molecule has 0 bridgehead atoms. The van der Waals surface area contributed by atoms with E-state index < -0.39 is 5.91 Å². The van der Waals surface area contributed by atoms with Gasteiger partial charge in [-0.05, 0) is 35.0 Å². The number of amides is 1. The Balaban J connectivity index is 1.69. The number of carbonyl (C=O) groups excluding carboxylic acids is 1. The molecule has 3 aromatic carbocycles. The van der Waals surface area contributed by atoms with E-state index in [0.717, 1.165) is 10.8 Å². The second kappa shape index (κ2) is 5.77. The van der Waals surface area contributed by atoms with Gasteiger partial charge in [-0.1, -0.05) is 30.3 Å². The van der Waals surface area contributed by atoms with Crippen LogP contribution in [0.4, 0.5) is 5.69 Å². The molecule has 0 fully saturated rings. The van der Waals surface area contributed by atoms with Gasteiger partial charge in [0, 0.05) is 0 Å². The SMILES string of the molecule is O=C(Nc1cccc2c1OCCO2)c1cc2ccccc2cc1O. The average molecular weight is 321 g/mol. The fourth-order valence-corrected chi connectivity index (χ4v) is 2.77. The van der Waals surface area contributed by atoms with Gasteiger partial charge in [0.05, 0.1) is 11.3 Å². The van der Waals surface area contributed by atoms with Crippen molar-refractivity contribution in [1.29, 1.82) is 0 Å². The molecule has 120 valence electrons. The number of fused-ring (bicyclic) bond motifs is 2. The van der Waals surface area contributed by atoms with Crippen LogP contribution in [0.2, 0.25) is 0 Å². The maximum absolute atomic E-state index is 12.6. The van der Waals surface area contributed by atoms with E-state index in [2.05, 4.69) is 5.32 Å². The van der Waals surface area contributed by atoms with Crippen molar-refractivity contribution in [3.8, 4) is 17.2 Å². The third kappa shape index (κ3) is 2.50. The highest BCUT2D eigenvalue weighted by Gasteiger charge is 2.19. The van der Waals surface area contributed by atoms with Gasteiger partial charge in [0.25, 0.3) is 5.91 Å². The summed E-state index contributed by atoms with van der Waals surface area (Å²) in [5, 5.41) is 14.7. The molecule has 5 heteroatoms. The molecule has 0 atom stereocenters. The van der Waals surface area contributed by atoms with Crippen molar-refractivity contribution in [2.24, 2.45) is 0 Å². The Labute approximate surface area is 138 Å². The van der Waals surface area contributed by atoms with Crippen LogP contribution in [-0.2, 0) is 0 Å². The number of benzene rings is 3. The van der Waals surface area contributed by atoms with Gasteiger partial charge in [0.1, 0.15) is 19.0 Å². The Morgan fingerprint density at radius 1 is 0.958 bits per heavy atom. The Hall–Kier alpha value is -3.21. The van der Waals surface area contributed by atoms with Crippen LogP contribution in [0.3, 0.4) is 0 Å². The van der Waals surface area contributed by atoms with E-state index in [4.69, 9.17) is 9.47 Å². The number of carbonyl (C=O) groups is 1. The summed E-state index contributed by atoms with van der Waals surface area (Å²) < 4.78 is 11.1. The smallest absolute Gasteiger partial charge is 0.259 e. The molecular weight excluding hydrogens is 306 g/mol. The summed E-state index contributed by atoms with van der Waals surface area (Å²) in [6, 6.07) is 16.1. The van der Waals surface area contributed by atoms with E-state index in [9.17, 15) is 9.90 Å². The van der Waals surface area contributed by atoms with Crippen LogP contribution in [0.15, 0.2) is 54.6 Å². The molecule has 5 nitrogen and oxygen atoms in total. The maximum atomic E-state index is 12.6. The molecule has 1 heterocycles. The Morgan fingerprint density at radius 2 is 1.71 bits per heavy atom. The number of aromatic hydroxyl groups is 1.